The maximum atomic E-state index is 13.9. The van der Waals surface area contributed by atoms with E-state index in [1.807, 2.05) is 73.7 Å². The Morgan fingerprint density at radius 1 is 0.879 bits per heavy atom. The molecule has 0 amide bonds. The number of aliphatic hydroxyl groups excluding tert-OH is 1. The van der Waals surface area contributed by atoms with E-state index in [-0.39, 0.29) is 17.9 Å². The van der Waals surface area contributed by atoms with Crippen LogP contribution in [-0.2, 0) is 18.9 Å². The van der Waals surface area contributed by atoms with Crippen molar-refractivity contribution in [3.05, 3.63) is 102 Å². The Balaban J connectivity index is 1.54. The van der Waals surface area contributed by atoms with Gasteiger partial charge in [-0.05, 0) is 44.1 Å². The summed E-state index contributed by atoms with van der Waals surface area (Å²) in [6.07, 6.45) is 2.21. The molecule has 0 bridgehead atoms. The van der Waals surface area contributed by atoms with Crippen LogP contribution in [0.2, 0.25) is 0 Å². The van der Waals surface area contributed by atoms with E-state index in [4.69, 9.17) is 4.18 Å². The summed E-state index contributed by atoms with van der Waals surface area (Å²) >= 11 is 0. The first-order chi connectivity index (χ1) is 15.8. The molecule has 0 spiro atoms. The average molecular weight is 485 g/mol. The molecule has 0 heterocycles. The zero-order chi connectivity index (χ0) is 23.7. The van der Waals surface area contributed by atoms with Gasteiger partial charge in [-0.3, -0.25) is 4.18 Å². The lowest BCUT2D eigenvalue weighted by molar-refractivity contribution is 0.133. The van der Waals surface area contributed by atoms with Crippen molar-refractivity contribution in [1.82, 2.24) is 0 Å². The molecule has 3 aromatic carbocycles. The lowest BCUT2D eigenvalue weighted by atomic mass is 10.1. The van der Waals surface area contributed by atoms with E-state index in [9.17, 15) is 18.1 Å². The SMILES string of the molecule is Cc1ccc(S(=O)(=O)OCCC(O)CC/C=C/P(=O)(c2ccccc2)c2ccccc2)cc1. The number of allylic oxidation sites excluding steroid dienone is 1. The Hall–Kier alpha value is -2.50. The Kier molecular flexibility index (Phi) is 8.81. The van der Waals surface area contributed by atoms with E-state index in [0.717, 1.165) is 16.2 Å². The molecule has 3 aromatic rings. The minimum Gasteiger partial charge on any atom is -0.393 e. The third kappa shape index (κ3) is 6.99. The van der Waals surface area contributed by atoms with Gasteiger partial charge in [0.25, 0.3) is 10.1 Å². The second-order valence-corrected chi connectivity index (χ2v) is 12.1. The molecule has 0 radical (unpaired) electrons. The van der Waals surface area contributed by atoms with E-state index in [1.54, 1.807) is 17.9 Å². The fourth-order valence-electron chi connectivity index (χ4n) is 3.34. The molecule has 7 heteroatoms. The largest absolute Gasteiger partial charge is 0.393 e. The monoisotopic (exact) mass is 484 g/mol. The number of rotatable bonds is 11. The van der Waals surface area contributed by atoms with E-state index in [2.05, 4.69) is 0 Å². The number of benzene rings is 3. The van der Waals surface area contributed by atoms with Gasteiger partial charge in [-0.25, -0.2) is 0 Å². The van der Waals surface area contributed by atoms with Crippen molar-refractivity contribution in [2.75, 3.05) is 6.61 Å². The Bertz CT molecular complexity index is 1150. The number of aryl methyl sites for hydroxylation is 1. The molecule has 5 nitrogen and oxygen atoms in total. The highest BCUT2D eigenvalue weighted by Gasteiger charge is 2.23. The van der Waals surface area contributed by atoms with Gasteiger partial charge in [0.05, 0.1) is 17.6 Å². The smallest absolute Gasteiger partial charge is 0.296 e. The van der Waals surface area contributed by atoms with E-state index in [1.165, 1.54) is 12.1 Å². The molecule has 0 aliphatic carbocycles. The van der Waals surface area contributed by atoms with Crippen LogP contribution in [0.15, 0.2) is 102 Å². The number of hydrogen-bond acceptors (Lipinski definition) is 5. The molecule has 0 saturated carbocycles. The van der Waals surface area contributed by atoms with E-state index < -0.39 is 23.4 Å². The third-order valence-electron chi connectivity index (χ3n) is 5.26. The van der Waals surface area contributed by atoms with Crippen LogP contribution in [0, 0.1) is 6.92 Å². The number of aliphatic hydroxyl groups is 1. The summed E-state index contributed by atoms with van der Waals surface area (Å²) in [6, 6.07) is 25.1. The molecule has 174 valence electrons. The van der Waals surface area contributed by atoms with Crippen molar-refractivity contribution >= 4 is 27.9 Å². The Morgan fingerprint density at radius 3 is 1.97 bits per heavy atom. The van der Waals surface area contributed by atoms with Gasteiger partial charge >= 0.3 is 0 Å². The van der Waals surface area contributed by atoms with Crippen molar-refractivity contribution < 1.29 is 22.3 Å². The topological polar surface area (TPSA) is 80.7 Å². The summed E-state index contributed by atoms with van der Waals surface area (Å²) in [5.74, 6) is 1.74. The zero-order valence-electron chi connectivity index (χ0n) is 18.6. The van der Waals surface area contributed by atoms with Gasteiger partial charge in [-0.2, -0.15) is 8.42 Å². The van der Waals surface area contributed by atoms with Crippen LogP contribution in [0.25, 0.3) is 0 Å². The van der Waals surface area contributed by atoms with Crippen LogP contribution in [0.1, 0.15) is 24.8 Å². The summed E-state index contributed by atoms with van der Waals surface area (Å²) in [5, 5.41) is 11.7. The first kappa shape index (κ1) is 25.1. The van der Waals surface area contributed by atoms with Crippen molar-refractivity contribution in [3.8, 4) is 0 Å². The predicted octanol–water partition coefficient (Wildman–Crippen LogP) is 4.76. The van der Waals surface area contributed by atoms with Gasteiger partial charge in [-0.1, -0.05) is 84.4 Å². The average Bonchev–Trinajstić information content (AvgIpc) is 2.83. The van der Waals surface area contributed by atoms with Crippen LogP contribution < -0.4 is 10.6 Å². The Labute approximate surface area is 196 Å². The molecular formula is C26H29O5PS. The van der Waals surface area contributed by atoms with Crippen LogP contribution >= 0.6 is 7.14 Å². The molecule has 0 fully saturated rings. The predicted molar refractivity (Wildman–Crippen MR) is 133 cm³/mol. The van der Waals surface area contributed by atoms with E-state index in [0.29, 0.717) is 12.8 Å². The summed E-state index contributed by atoms with van der Waals surface area (Å²) < 4.78 is 43.4. The van der Waals surface area contributed by atoms with Crippen LogP contribution in [0.4, 0.5) is 0 Å². The van der Waals surface area contributed by atoms with Crippen LogP contribution in [0.5, 0.6) is 0 Å². The Morgan fingerprint density at radius 2 is 1.42 bits per heavy atom. The van der Waals surface area contributed by atoms with Gasteiger partial charge in [0.1, 0.15) is 0 Å². The maximum absolute atomic E-state index is 13.9. The summed E-state index contributed by atoms with van der Waals surface area (Å²) in [4.78, 5) is 0.100. The molecule has 1 N–H and O–H groups in total. The molecule has 0 saturated heterocycles. The quantitative estimate of drug-likeness (QED) is 0.314. The normalized spacial score (nSPS) is 13.3. The number of hydrogen-bond donors (Lipinski definition) is 1. The van der Waals surface area contributed by atoms with Crippen molar-refractivity contribution in [2.45, 2.75) is 37.2 Å². The third-order valence-corrected chi connectivity index (χ3v) is 9.35. The summed E-state index contributed by atoms with van der Waals surface area (Å²) in [7, 11) is -6.77. The maximum Gasteiger partial charge on any atom is 0.296 e. The highest BCUT2D eigenvalue weighted by Crippen LogP contribution is 2.45. The van der Waals surface area contributed by atoms with Crippen molar-refractivity contribution in [1.29, 1.82) is 0 Å². The lowest BCUT2D eigenvalue weighted by Crippen LogP contribution is -2.14. The fraction of sp³-hybridized carbons (Fsp3) is 0.231. The van der Waals surface area contributed by atoms with Crippen molar-refractivity contribution in [3.63, 3.8) is 0 Å². The van der Waals surface area contributed by atoms with Gasteiger partial charge in [0.2, 0.25) is 0 Å². The van der Waals surface area contributed by atoms with Gasteiger partial charge in [-0.15, -0.1) is 0 Å². The molecule has 1 atom stereocenters. The molecule has 33 heavy (non-hydrogen) atoms. The summed E-state index contributed by atoms with van der Waals surface area (Å²) in [5.41, 5.74) is 0.960. The standard InChI is InChI=1S/C26H29O5PS/c1-22-15-17-26(18-16-22)33(29,30)31-20-19-23(27)10-8-9-21-32(28,24-11-4-2-5-12-24)25-13-6-3-7-14-25/h2-7,9,11-18,21,23,27H,8,10,19-20H2,1H3/b21-9+. The highest BCUT2D eigenvalue weighted by atomic mass is 32.2. The zero-order valence-corrected chi connectivity index (χ0v) is 20.3. The molecule has 0 aromatic heterocycles. The first-order valence-corrected chi connectivity index (χ1v) is 14.0. The van der Waals surface area contributed by atoms with Crippen LogP contribution in [-0.4, -0.2) is 26.2 Å². The van der Waals surface area contributed by atoms with Gasteiger partial charge < -0.3 is 9.67 Å². The van der Waals surface area contributed by atoms with Crippen molar-refractivity contribution in [2.24, 2.45) is 0 Å². The molecule has 0 aliphatic heterocycles. The second-order valence-electron chi connectivity index (χ2n) is 7.82. The minimum absolute atomic E-state index is 0.100. The highest BCUT2D eigenvalue weighted by molar-refractivity contribution is 7.86. The second kappa shape index (κ2) is 11.6. The van der Waals surface area contributed by atoms with Gasteiger partial charge in [0.15, 0.2) is 7.14 Å². The van der Waals surface area contributed by atoms with E-state index >= 15 is 0 Å². The fourth-order valence-corrected chi connectivity index (χ4v) is 6.58. The molecule has 3 rings (SSSR count). The summed E-state index contributed by atoms with van der Waals surface area (Å²) in [6.45, 7) is 1.77. The molecular weight excluding hydrogens is 455 g/mol. The minimum atomic E-state index is -3.84. The van der Waals surface area contributed by atoms with Crippen LogP contribution in [0.3, 0.4) is 0 Å². The molecule has 1 unspecified atom stereocenters. The first-order valence-electron chi connectivity index (χ1n) is 10.8. The van der Waals surface area contributed by atoms with Gasteiger partial charge in [0, 0.05) is 10.6 Å². The molecule has 0 aliphatic rings. The lowest BCUT2D eigenvalue weighted by Gasteiger charge is -2.15.